The number of carbonyl (C=O) groups is 4. The van der Waals surface area contributed by atoms with Gasteiger partial charge in [0.15, 0.2) is 0 Å². The number of carboxylic acid groups (broad SMARTS) is 1. The molecule has 1 aromatic rings. The van der Waals surface area contributed by atoms with E-state index in [4.69, 9.17) is 5.11 Å². The van der Waals surface area contributed by atoms with E-state index in [-0.39, 0.29) is 11.1 Å². The number of carboxylic acids is 1. The van der Waals surface area contributed by atoms with Gasteiger partial charge in [-0.15, -0.1) is 0 Å². The molecule has 0 spiro atoms. The van der Waals surface area contributed by atoms with Crippen LogP contribution in [0.25, 0.3) is 0 Å². The average Bonchev–Trinajstić information content (AvgIpc) is 2.72. The average molecular weight is 331 g/mol. The summed E-state index contributed by atoms with van der Waals surface area (Å²) >= 11 is 0. The number of carbonyl (C=O) groups excluding carboxylic acids is 3. The maximum absolute atomic E-state index is 12.8. The van der Waals surface area contributed by atoms with Crippen molar-refractivity contribution in [3.8, 4) is 0 Å². The smallest absolute Gasteiger partial charge is 0.324 e. The molecule has 2 aliphatic rings. The SMILES string of the molecule is CN1CCC[C@H](N2C(=O)c3ccccc3C2=O)C(=O)N1CC(=O)O. The van der Waals surface area contributed by atoms with Crippen LogP contribution in [0, 0.1) is 0 Å². The van der Waals surface area contributed by atoms with E-state index < -0.39 is 36.3 Å². The Morgan fingerprint density at radius 2 is 1.75 bits per heavy atom. The van der Waals surface area contributed by atoms with E-state index in [0.29, 0.717) is 19.4 Å². The Morgan fingerprint density at radius 3 is 2.29 bits per heavy atom. The number of amides is 3. The fraction of sp³-hybridized carbons (Fsp3) is 0.375. The summed E-state index contributed by atoms with van der Waals surface area (Å²) in [6.07, 6.45) is 0.876. The van der Waals surface area contributed by atoms with Gasteiger partial charge in [-0.25, -0.2) is 5.01 Å². The van der Waals surface area contributed by atoms with Crippen LogP contribution in [-0.4, -0.2) is 69.9 Å². The Balaban J connectivity index is 1.94. The summed E-state index contributed by atoms with van der Waals surface area (Å²) < 4.78 is 0. The third-order valence-corrected chi connectivity index (χ3v) is 4.33. The first-order valence-electron chi connectivity index (χ1n) is 7.63. The van der Waals surface area contributed by atoms with Crippen LogP contribution in [0.15, 0.2) is 24.3 Å². The van der Waals surface area contributed by atoms with E-state index in [0.717, 1.165) is 9.91 Å². The minimum atomic E-state index is -1.15. The van der Waals surface area contributed by atoms with Gasteiger partial charge in [-0.3, -0.25) is 29.1 Å². The molecule has 0 bridgehead atoms. The van der Waals surface area contributed by atoms with Crippen LogP contribution in [0.3, 0.4) is 0 Å². The first-order valence-corrected chi connectivity index (χ1v) is 7.63. The standard InChI is InChI=1S/C16H17N3O5/c1-17-8-4-7-12(16(24)18(17)9-13(20)21)19-14(22)10-5-2-3-6-11(10)15(19)23/h2-3,5-6,12H,4,7-9H2,1H3,(H,20,21)/t12-/m0/s1. The predicted octanol–water partition coefficient (Wildman–Crippen LogP) is 0.205. The maximum Gasteiger partial charge on any atom is 0.324 e. The van der Waals surface area contributed by atoms with Gasteiger partial charge < -0.3 is 5.11 Å². The molecule has 0 radical (unpaired) electrons. The Hall–Kier alpha value is -2.74. The molecule has 0 aromatic heterocycles. The van der Waals surface area contributed by atoms with Crippen molar-refractivity contribution in [1.82, 2.24) is 14.9 Å². The molecule has 1 atom stereocenters. The van der Waals surface area contributed by atoms with Gasteiger partial charge in [-0.2, -0.15) is 0 Å². The molecule has 2 aliphatic heterocycles. The first kappa shape index (κ1) is 16.1. The molecule has 8 heteroatoms. The fourth-order valence-corrected chi connectivity index (χ4v) is 3.16. The third-order valence-electron chi connectivity index (χ3n) is 4.33. The highest BCUT2D eigenvalue weighted by molar-refractivity contribution is 6.22. The molecule has 126 valence electrons. The van der Waals surface area contributed by atoms with Crippen LogP contribution in [-0.2, 0) is 9.59 Å². The second-order valence-electron chi connectivity index (χ2n) is 5.85. The Morgan fingerprint density at radius 1 is 1.17 bits per heavy atom. The molecular weight excluding hydrogens is 314 g/mol. The molecule has 0 unspecified atom stereocenters. The number of hydrogen-bond acceptors (Lipinski definition) is 5. The lowest BCUT2D eigenvalue weighted by atomic mass is 10.1. The summed E-state index contributed by atoms with van der Waals surface area (Å²) in [4.78, 5) is 50.0. The summed E-state index contributed by atoms with van der Waals surface area (Å²) in [7, 11) is 1.62. The summed E-state index contributed by atoms with van der Waals surface area (Å²) in [6, 6.07) is 5.44. The van der Waals surface area contributed by atoms with Gasteiger partial charge in [0.05, 0.1) is 11.1 Å². The highest BCUT2D eigenvalue weighted by Crippen LogP contribution is 2.28. The summed E-state index contributed by atoms with van der Waals surface area (Å²) in [5.41, 5.74) is 0.551. The number of hydrazine groups is 1. The molecule has 0 aliphatic carbocycles. The molecule has 0 saturated carbocycles. The number of imide groups is 1. The van der Waals surface area contributed by atoms with Crippen molar-refractivity contribution in [1.29, 1.82) is 0 Å². The van der Waals surface area contributed by atoms with Crippen LogP contribution in [0.5, 0.6) is 0 Å². The summed E-state index contributed by atoms with van der Waals surface area (Å²) in [5.74, 6) is -2.72. The minimum Gasteiger partial charge on any atom is -0.480 e. The molecule has 1 N–H and O–H groups in total. The van der Waals surface area contributed by atoms with Gasteiger partial charge in [-0.05, 0) is 25.0 Å². The highest BCUT2D eigenvalue weighted by Gasteiger charge is 2.45. The lowest BCUT2D eigenvalue weighted by Crippen LogP contribution is -2.54. The predicted molar refractivity (Wildman–Crippen MR) is 81.9 cm³/mol. The van der Waals surface area contributed by atoms with Crippen LogP contribution in [0.4, 0.5) is 0 Å². The molecule has 3 rings (SSSR count). The van der Waals surface area contributed by atoms with E-state index in [1.165, 1.54) is 5.01 Å². The van der Waals surface area contributed by atoms with Crippen LogP contribution in [0.2, 0.25) is 0 Å². The monoisotopic (exact) mass is 331 g/mol. The lowest BCUT2D eigenvalue weighted by molar-refractivity contribution is -0.158. The van der Waals surface area contributed by atoms with E-state index in [1.807, 2.05) is 0 Å². The maximum atomic E-state index is 12.8. The normalized spacial score (nSPS) is 21.9. The van der Waals surface area contributed by atoms with E-state index >= 15 is 0 Å². The summed E-state index contributed by atoms with van der Waals surface area (Å²) in [6.45, 7) is -0.0340. The van der Waals surface area contributed by atoms with Crippen molar-refractivity contribution in [2.24, 2.45) is 0 Å². The van der Waals surface area contributed by atoms with Gasteiger partial charge in [-0.1, -0.05) is 12.1 Å². The van der Waals surface area contributed by atoms with Crippen LogP contribution in [0.1, 0.15) is 33.6 Å². The molecule has 8 nitrogen and oxygen atoms in total. The Kier molecular flexibility index (Phi) is 4.06. The zero-order valence-electron chi connectivity index (χ0n) is 13.1. The Bertz CT molecular complexity index is 697. The van der Waals surface area contributed by atoms with E-state index in [1.54, 1.807) is 31.3 Å². The zero-order valence-corrected chi connectivity index (χ0v) is 13.1. The number of benzene rings is 1. The van der Waals surface area contributed by atoms with Crippen molar-refractivity contribution in [2.45, 2.75) is 18.9 Å². The molecule has 1 aromatic carbocycles. The van der Waals surface area contributed by atoms with Gasteiger partial charge >= 0.3 is 5.97 Å². The number of nitrogens with zero attached hydrogens (tertiary/aromatic N) is 3. The molecule has 2 heterocycles. The van der Waals surface area contributed by atoms with Crippen molar-refractivity contribution < 1.29 is 24.3 Å². The zero-order chi connectivity index (χ0) is 17.4. The van der Waals surface area contributed by atoms with Crippen molar-refractivity contribution in [3.63, 3.8) is 0 Å². The van der Waals surface area contributed by atoms with E-state index in [9.17, 15) is 19.2 Å². The van der Waals surface area contributed by atoms with Gasteiger partial charge in [0.25, 0.3) is 17.7 Å². The molecule has 1 saturated heterocycles. The summed E-state index contributed by atoms with van der Waals surface area (Å²) in [5, 5.41) is 11.6. The lowest BCUT2D eigenvalue weighted by Gasteiger charge is -2.32. The third kappa shape index (κ3) is 2.54. The van der Waals surface area contributed by atoms with Crippen LogP contribution < -0.4 is 0 Å². The van der Waals surface area contributed by atoms with Crippen molar-refractivity contribution in [2.75, 3.05) is 20.1 Å². The number of fused-ring (bicyclic) bond motifs is 1. The topological polar surface area (TPSA) is 98.2 Å². The minimum absolute atomic E-state index is 0.276. The van der Waals surface area contributed by atoms with Gasteiger partial charge in [0.1, 0.15) is 12.6 Å². The molecule has 3 amide bonds. The van der Waals surface area contributed by atoms with Crippen LogP contribution >= 0.6 is 0 Å². The highest BCUT2D eigenvalue weighted by atomic mass is 16.4. The van der Waals surface area contributed by atoms with Gasteiger partial charge in [0, 0.05) is 13.6 Å². The van der Waals surface area contributed by atoms with E-state index in [2.05, 4.69) is 0 Å². The Labute approximate surface area is 138 Å². The molecular formula is C16H17N3O5. The van der Waals surface area contributed by atoms with Gasteiger partial charge in [0.2, 0.25) is 0 Å². The second-order valence-corrected chi connectivity index (χ2v) is 5.85. The fourth-order valence-electron chi connectivity index (χ4n) is 3.16. The number of aliphatic carboxylic acids is 1. The number of rotatable bonds is 3. The van der Waals surface area contributed by atoms with Crippen molar-refractivity contribution in [3.05, 3.63) is 35.4 Å². The first-order chi connectivity index (χ1) is 11.4. The number of hydrogen-bond donors (Lipinski definition) is 1. The molecule has 1 fully saturated rings. The second kappa shape index (κ2) is 6.04. The van der Waals surface area contributed by atoms with Crippen molar-refractivity contribution >= 4 is 23.7 Å². The largest absolute Gasteiger partial charge is 0.480 e. The quantitative estimate of drug-likeness (QED) is 0.795. The molecule has 24 heavy (non-hydrogen) atoms.